The number of rotatable bonds is 7. The van der Waals surface area contributed by atoms with Gasteiger partial charge in [0.05, 0.1) is 10.7 Å². The average Bonchev–Trinajstić information content (AvgIpc) is 3.13. The number of nitrogens with zero attached hydrogens (tertiary/aromatic N) is 3. The topological polar surface area (TPSA) is 127 Å². The Morgan fingerprint density at radius 1 is 1.07 bits per heavy atom. The molecular weight excluding hydrogens is 426 g/mol. The maximum absolute atomic E-state index is 12.2. The van der Waals surface area contributed by atoms with Crippen molar-refractivity contribution < 1.29 is 14.5 Å². The van der Waals surface area contributed by atoms with Crippen LogP contribution in [0.1, 0.15) is 21.5 Å². The second-order valence-electron chi connectivity index (χ2n) is 6.34. The summed E-state index contributed by atoms with van der Waals surface area (Å²) in [6.07, 6.45) is 0. The van der Waals surface area contributed by atoms with Crippen LogP contribution < -0.4 is 10.6 Å². The molecular formula is C19H17N5O4S2. The Balaban J connectivity index is 1.52. The third-order valence-corrected chi connectivity index (χ3v) is 5.77. The van der Waals surface area contributed by atoms with E-state index in [1.807, 2.05) is 32.0 Å². The molecule has 0 bridgehead atoms. The van der Waals surface area contributed by atoms with Gasteiger partial charge in [-0.1, -0.05) is 29.2 Å². The van der Waals surface area contributed by atoms with E-state index in [2.05, 4.69) is 20.8 Å². The maximum atomic E-state index is 12.2. The van der Waals surface area contributed by atoms with E-state index in [1.54, 1.807) is 0 Å². The van der Waals surface area contributed by atoms with E-state index in [-0.39, 0.29) is 28.0 Å². The Bertz CT molecular complexity index is 1080. The first-order valence-electron chi connectivity index (χ1n) is 8.70. The fourth-order valence-electron chi connectivity index (χ4n) is 2.59. The summed E-state index contributed by atoms with van der Waals surface area (Å²) in [5.41, 5.74) is 3.04. The van der Waals surface area contributed by atoms with Crippen molar-refractivity contribution in [3.8, 4) is 0 Å². The summed E-state index contributed by atoms with van der Waals surface area (Å²) in [5, 5.41) is 24.2. The van der Waals surface area contributed by atoms with Crippen molar-refractivity contribution in [2.75, 3.05) is 16.4 Å². The van der Waals surface area contributed by atoms with Crippen LogP contribution in [0.5, 0.6) is 0 Å². The highest BCUT2D eigenvalue weighted by Crippen LogP contribution is 2.26. The van der Waals surface area contributed by atoms with Gasteiger partial charge in [0.15, 0.2) is 4.34 Å². The van der Waals surface area contributed by atoms with Gasteiger partial charge in [0.25, 0.3) is 11.6 Å². The quantitative estimate of drug-likeness (QED) is 0.244. The van der Waals surface area contributed by atoms with Crippen LogP contribution in [0.25, 0.3) is 0 Å². The van der Waals surface area contributed by atoms with Gasteiger partial charge in [-0.15, -0.1) is 10.2 Å². The summed E-state index contributed by atoms with van der Waals surface area (Å²) in [6, 6.07) is 11.1. The second-order valence-corrected chi connectivity index (χ2v) is 8.54. The van der Waals surface area contributed by atoms with E-state index >= 15 is 0 Å². The third kappa shape index (κ3) is 5.84. The fourth-order valence-corrected chi connectivity index (χ4v) is 4.14. The summed E-state index contributed by atoms with van der Waals surface area (Å²) in [6.45, 7) is 3.93. The fraction of sp³-hybridized carbons (Fsp3) is 0.158. The van der Waals surface area contributed by atoms with Crippen molar-refractivity contribution in [3.63, 3.8) is 0 Å². The molecule has 0 atom stereocenters. The number of aryl methyl sites for hydroxylation is 2. The number of carbonyl (C=O) groups excluding carboxylic acids is 2. The molecule has 2 N–H and O–H groups in total. The molecule has 2 aromatic carbocycles. The van der Waals surface area contributed by atoms with Gasteiger partial charge >= 0.3 is 0 Å². The number of nitro benzene ring substituents is 1. The van der Waals surface area contributed by atoms with Crippen LogP contribution in [0.4, 0.5) is 16.5 Å². The third-order valence-electron chi connectivity index (χ3n) is 3.80. The predicted molar refractivity (Wildman–Crippen MR) is 116 cm³/mol. The zero-order valence-electron chi connectivity index (χ0n) is 16.0. The molecule has 0 spiro atoms. The zero-order valence-corrected chi connectivity index (χ0v) is 17.7. The van der Waals surface area contributed by atoms with Gasteiger partial charge in [-0.05, 0) is 49.2 Å². The van der Waals surface area contributed by atoms with Crippen LogP contribution in [0.3, 0.4) is 0 Å². The standard InChI is InChI=1S/C19H17N5O4S2/c1-11-7-12(2)9-14(8-11)20-16(25)10-29-19-23-22-18(30-19)21-17(26)13-3-5-15(6-4-13)24(27)28/h3-9H,10H2,1-2H3,(H,20,25)(H,21,22,26). The molecule has 2 amide bonds. The minimum atomic E-state index is -0.536. The Kier molecular flexibility index (Phi) is 6.75. The van der Waals surface area contributed by atoms with Gasteiger partial charge in [0, 0.05) is 23.4 Å². The van der Waals surface area contributed by atoms with Crippen molar-refractivity contribution in [1.29, 1.82) is 0 Å². The van der Waals surface area contributed by atoms with Crippen LogP contribution in [0, 0.1) is 24.0 Å². The smallest absolute Gasteiger partial charge is 0.269 e. The highest BCUT2D eigenvalue weighted by atomic mass is 32.2. The summed E-state index contributed by atoms with van der Waals surface area (Å²) in [5.74, 6) is -0.473. The van der Waals surface area contributed by atoms with Crippen LogP contribution in [0.2, 0.25) is 0 Å². The number of nitro groups is 1. The van der Waals surface area contributed by atoms with E-state index in [9.17, 15) is 19.7 Å². The number of benzene rings is 2. The zero-order chi connectivity index (χ0) is 21.7. The molecule has 3 rings (SSSR count). The minimum absolute atomic E-state index is 0.0970. The van der Waals surface area contributed by atoms with Crippen molar-refractivity contribution in [3.05, 3.63) is 69.3 Å². The van der Waals surface area contributed by atoms with Crippen LogP contribution >= 0.6 is 23.1 Å². The van der Waals surface area contributed by atoms with E-state index in [0.717, 1.165) is 28.2 Å². The lowest BCUT2D eigenvalue weighted by Crippen LogP contribution is -2.14. The lowest BCUT2D eigenvalue weighted by molar-refractivity contribution is -0.384. The molecule has 0 radical (unpaired) electrons. The number of non-ortho nitro benzene ring substituents is 1. The molecule has 154 valence electrons. The molecule has 0 aliphatic rings. The molecule has 0 aliphatic heterocycles. The summed E-state index contributed by atoms with van der Waals surface area (Å²) >= 11 is 2.35. The lowest BCUT2D eigenvalue weighted by Gasteiger charge is -2.06. The van der Waals surface area contributed by atoms with Crippen molar-refractivity contribution in [2.24, 2.45) is 0 Å². The van der Waals surface area contributed by atoms with E-state index in [0.29, 0.717) is 4.34 Å². The number of anilines is 2. The highest BCUT2D eigenvalue weighted by Gasteiger charge is 2.13. The molecule has 3 aromatic rings. The molecule has 0 aliphatic carbocycles. The summed E-state index contributed by atoms with van der Waals surface area (Å²) in [7, 11) is 0. The number of amides is 2. The summed E-state index contributed by atoms with van der Waals surface area (Å²) < 4.78 is 0.532. The van der Waals surface area contributed by atoms with Gasteiger partial charge in [-0.25, -0.2) is 0 Å². The predicted octanol–water partition coefficient (Wildman–Crippen LogP) is 4.05. The highest BCUT2D eigenvalue weighted by molar-refractivity contribution is 8.01. The normalized spacial score (nSPS) is 10.5. The number of aromatic nitrogens is 2. The molecule has 1 heterocycles. The van der Waals surface area contributed by atoms with Crippen LogP contribution in [-0.4, -0.2) is 32.7 Å². The Morgan fingerprint density at radius 2 is 1.73 bits per heavy atom. The number of nitrogens with one attached hydrogen (secondary N) is 2. The second kappa shape index (κ2) is 9.46. The molecule has 11 heteroatoms. The minimum Gasteiger partial charge on any atom is -0.325 e. The van der Waals surface area contributed by atoms with Gasteiger partial charge in [-0.2, -0.15) is 0 Å². The molecule has 1 aromatic heterocycles. The van der Waals surface area contributed by atoms with Gasteiger partial charge in [0.1, 0.15) is 0 Å². The Morgan fingerprint density at radius 3 is 2.37 bits per heavy atom. The number of carbonyl (C=O) groups is 2. The molecule has 30 heavy (non-hydrogen) atoms. The maximum Gasteiger partial charge on any atom is 0.269 e. The first-order valence-corrected chi connectivity index (χ1v) is 10.5. The number of hydrogen-bond acceptors (Lipinski definition) is 8. The van der Waals surface area contributed by atoms with E-state index in [4.69, 9.17) is 0 Å². The first-order chi connectivity index (χ1) is 14.3. The molecule has 0 fully saturated rings. The largest absolute Gasteiger partial charge is 0.325 e. The van der Waals surface area contributed by atoms with E-state index in [1.165, 1.54) is 36.0 Å². The van der Waals surface area contributed by atoms with E-state index < -0.39 is 10.8 Å². The van der Waals surface area contributed by atoms with Crippen LogP contribution in [0.15, 0.2) is 46.8 Å². The Hall–Kier alpha value is -3.31. The molecule has 9 nitrogen and oxygen atoms in total. The van der Waals surface area contributed by atoms with Gasteiger partial charge < -0.3 is 5.32 Å². The molecule has 0 saturated heterocycles. The van der Waals surface area contributed by atoms with Gasteiger partial charge in [-0.3, -0.25) is 25.0 Å². The Labute approximate surface area is 180 Å². The molecule has 0 unspecified atom stereocenters. The van der Waals surface area contributed by atoms with Crippen molar-refractivity contribution in [1.82, 2.24) is 10.2 Å². The SMILES string of the molecule is Cc1cc(C)cc(NC(=O)CSc2nnc(NC(=O)c3ccc([N+](=O)[O-])cc3)s2)c1. The average molecular weight is 444 g/mol. The summed E-state index contributed by atoms with van der Waals surface area (Å²) in [4.78, 5) is 34.5. The van der Waals surface area contributed by atoms with Crippen LogP contribution in [-0.2, 0) is 4.79 Å². The van der Waals surface area contributed by atoms with Gasteiger partial charge in [0.2, 0.25) is 11.0 Å². The van der Waals surface area contributed by atoms with Crippen molar-refractivity contribution >= 4 is 51.4 Å². The first kappa shape index (κ1) is 21.4. The lowest BCUT2D eigenvalue weighted by atomic mass is 10.1. The van der Waals surface area contributed by atoms with Crippen molar-refractivity contribution in [2.45, 2.75) is 18.2 Å². The number of thioether (sulfide) groups is 1. The number of hydrogen-bond donors (Lipinski definition) is 2. The monoisotopic (exact) mass is 443 g/mol. The molecule has 0 saturated carbocycles.